The minimum atomic E-state index is -4.06. The van der Waals surface area contributed by atoms with Crippen LogP contribution >= 0.6 is 0 Å². The van der Waals surface area contributed by atoms with Crippen LogP contribution in [0.1, 0.15) is 26.3 Å². The number of fused-ring (bicyclic) bond motifs is 1. The van der Waals surface area contributed by atoms with Crippen LogP contribution in [-0.4, -0.2) is 46.2 Å². The molecule has 1 heterocycles. The summed E-state index contributed by atoms with van der Waals surface area (Å²) in [5, 5.41) is 2.64. The van der Waals surface area contributed by atoms with E-state index in [0.29, 0.717) is 30.4 Å². The summed E-state index contributed by atoms with van der Waals surface area (Å²) >= 11 is 0. The molecule has 0 unspecified atom stereocenters. The molecule has 0 radical (unpaired) electrons. The minimum absolute atomic E-state index is 0.0709. The standard InChI is InChI=1S/C23H28N2O7S/c1-4-16-5-7-17(8-6-16)24-21(26)14-32-23(27)22(15(2)3)25-33(28,29)18-9-10-19-20(13-18)31-12-11-30-19/h5-10,13,15,22,25H,4,11-12,14H2,1-3H3,(H,24,26)/t22-/m0/s1. The Morgan fingerprint density at radius 1 is 1.03 bits per heavy atom. The van der Waals surface area contributed by atoms with Gasteiger partial charge in [0, 0.05) is 11.8 Å². The molecule has 0 aliphatic carbocycles. The van der Waals surface area contributed by atoms with Crippen molar-refractivity contribution in [2.75, 3.05) is 25.1 Å². The van der Waals surface area contributed by atoms with E-state index >= 15 is 0 Å². The topological polar surface area (TPSA) is 120 Å². The Kier molecular flexibility index (Phi) is 7.93. The third-order valence-corrected chi connectivity index (χ3v) is 6.46. The van der Waals surface area contributed by atoms with Crippen molar-refractivity contribution < 1.29 is 32.2 Å². The number of esters is 1. The van der Waals surface area contributed by atoms with Crippen molar-refractivity contribution in [1.29, 1.82) is 0 Å². The first-order valence-electron chi connectivity index (χ1n) is 10.7. The Hall–Kier alpha value is -3.11. The number of ether oxygens (including phenoxy) is 3. The quantitative estimate of drug-likeness (QED) is 0.534. The molecule has 0 saturated heterocycles. The molecule has 1 aliphatic heterocycles. The maximum Gasteiger partial charge on any atom is 0.324 e. The highest BCUT2D eigenvalue weighted by Crippen LogP contribution is 2.32. The Morgan fingerprint density at radius 2 is 1.70 bits per heavy atom. The van der Waals surface area contributed by atoms with Gasteiger partial charge in [-0.25, -0.2) is 8.42 Å². The Labute approximate surface area is 193 Å². The zero-order valence-corrected chi connectivity index (χ0v) is 19.6. The molecule has 178 valence electrons. The molecule has 0 fully saturated rings. The van der Waals surface area contributed by atoms with Crippen LogP contribution in [0.25, 0.3) is 0 Å². The van der Waals surface area contributed by atoms with Crippen LogP contribution in [0, 0.1) is 5.92 Å². The van der Waals surface area contributed by atoms with Gasteiger partial charge >= 0.3 is 5.97 Å². The molecule has 1 atom stereocenters. The van der Waals surface area contributed by atoms with E-state index in [2.05, 4.69) is 10.0 Å². The molecule has 0 spiro atoms. The number of benzene rings is 2. The van der Waals surface area contributed by atoms with Crippen molar-refractivity contribution >= 4 is 27.6 Å². The van der Waals surface area contributed by atoms with Gasteiger partial charge in [0.1, 0.15) is 19.3 Å². The summed E-state index contributed by atoms with van der Waals surface area (Å²) in [5.41, 5.74) is 1.71. The van der Waals surface area contributed by atoms with Crippen LogP contribution in [-0.2, 0) is 30.8 Å². The van der Waals surface area contributed by atoms with Crippen molar-refractivity contribution in [2.24, 2.45) is 5.92 Å². The maximum atomic E-state index is 12.9. The van der Waals surface area contributed by atoms with Crippen molar-refractivity contribution in [3.8, 4) is 11.5 Å². The maximum absolute atomic E-state index is 12.9. The van der Waals surface area contributed by atoms with Gasteiger partial charge in [-0.05, 0) is 42.2 Å². The van der Waals surface area contributed by atoms with E-state index in [-0.39, 0.29) is 4.90 Å². The number of carbonyl (C=O) groups is 2. The zero-order chi connectivity index (χ0) is 24.0. The number of carbonyl (C=O) groups excluding carboxylic acids is 2. The molecule has 0 aromatic heterocycles. The lowest BCUT2D eigenvalue weighted by molar-refractivity contribution is -0.150. The number of sulfonamides is 1. The van der Waals surface area contributed by atoms with Gasteiger partial charge in [0.05, 0.1) is 4.90 Å². The molecule has 2 aromatic rings. The van der Waals surface area contributed by atoms with Gasteiger partial charge in [-0.15, -0.1) is 0 Å². The number of hydrogen-bond donors (Lipinski definition) is 2. The van der Waals surface area contributed by atoms with Crippen molar-refractivity contribution in [3.63, 3.8) is 0 Å². The van der Waals surface area contributed by atoms with Gasteiger partial charge in [-0.3, -0.25) is 9.59 Å². The molecule has 0 bridgehead atoms. The van der Waals surface area contributed by atoms with Crippen LogP contribution in [0.4, 0.5) is 5.69 Å². The van der Waals surface area contributed by atoms with Gasteiger partial charge in [-0.1, -0.05) is 32.9 Å². The van der Waals surface area contributed by atoms with E-state index in [1.54, 1.807) is 26.0 Å². The van der Waals surface area contributed by atoms with Crippen LogP contribution in [0.2, 0.25) is 0 Å². The smallest absolute Gasteiger partial charge is 0.324 e. The van der Waals surface area contributed by atoms with Gasteiger partial charge < -0.3 is 19.5 Å². The van der Waals surface area contributed by atoms with E-state index < -0.39 is 40.5 Å². The first-order chi connectivity index (χ1) is 15.7. The summed E-state index contributed by atoms with van der Waals surface area (Å²) < 4.78 is 44.1. The summed E-state index contributed by atoms with van der Waals surface area (Å²) in [6, 6.07) is 10.3. The molecule has 0 saturated carbocycles. The highest BCUT2D eigenvalue weighted by molar-refractivity contribution is 7.89. The van der Waals surface area contributed by atoms with Crippen molar-refractivity contribution in [1.82, 2.24) is 4.72 Å². The van der Waals surface area contributed by atoms with Crippen LogP contribution in [0.15, 0.2) is 47.4 Å². The number of anilines is 1. The van der Waals surface area contributed by atoms with Gasteiger partial charge in [0.2, 0.25) is 10.0 Å². The van der Waals surface area contributed by atoms with Crippen molar-refractivity contribution in [3.05, 3.63) is 48.0 Å². The third-order valence-electron chi connectivity index (χ3n) is 5.02. The lowest BCUT2D eigenvalue weighted by Crippen LogP contribution is -2.45. The molecule has 2 N–H and O–H groups in total. The molecule has 10 heteroatoms. The molecule has 1 amide bonds. The summed E-state index contributed by atoms with van der Waals surface area (Å²) in [4.78, 5) is 24.7. The molecule has 33 heavy (non-hydrogen) atoms. The predicted octanol–water partition coefficient (Wildman–Crippen LogP) is 2.50. The molecule has 9 nitrogen and oxygen atoms in total. The first kappa shape index (κ1) is 24.5. The average molecular weight is 477 g/mol. The molecular weight excluding hydrogens is 448 g/mol. The van der Waals surface area contributed by atoms with Crippen molar-refractivity contribution in [2.45, 2.75) is 38.1 Å². The fraction of sp³-hybridized carbons (Fsp3) is 0.391. The lowest BCUT2D eigenvalue weighted by atomic mass is 10.1. The molecule has 3 rings (SSSR count). The second-order valence-electron chi connectivity index (χ2n) is 7.85. The molecular formula is C23H28N2O7S. The monoisotopic (exact) mass is 476 g/mol. The number of hydrogen-bond acceptors (Lipinski definition) is 7. The Morgan fingerprint density at radius 3 is 2.33 bits per heavy atom. The minimum Gasteiger partial charge on any atom is -0.486 e. The third kappa shape index (κ3) is 6.45. The molecule has 1 aliphatic rings. The summed E-state index contributed by atoms with van der Waals surface area (Å²) in [5.74, 6) is -1.02. The van der Waals surface area contributed by atoms with Gasteiger partial charge in [-0.2, -0.15) is 4.72 Å². The summed E-state index contributed by atoms with van der Waals surface area (Å²) in [6.07, 6.45) is 0.880. The number of rotatable bonds is 9. The van der Waals surface area contributed by atoms with Crippen LogP contribution in [0.3, 0.4) is 0 Å². The average Bonchev–Trinajstić information content (AvgIpc) is 2.81. The lowest BCUT2D eigenvalue weighted by Gasteiger charge is -2.22. The Bertz CT molecular complexity index is 1100. The van der Waals surface area contributed by atoms with Crippen LogP contribution < -0.4 is 19.5 Å². The fourth-order valence-electron chi connectivity index (χ4n) is 3.13. The van der Waals surface area contributed by atoms with Gasteiger partial charge in [0.15, 0.2) is 18.1 Å². The highest BCUT2D eigenvalue weighted by atomic mass is 32.2. The Balaban J connectivity index is 1.61. The second-order valence-corrected chi connectivity index (χ2v) is 9.57. The predicted molar refractivity (Wildman–Crippen MR) is 122 cm³/mol. The normalized spacial score (nSPS) is 13.9. The number of aryl methyl sites for hydroxylation is 1. The first-order valence-corrected chi connectivity index (χ1v) is 12.2. The van der Waals surface area contributed by atoms with Gasteiger partial charge in [0.25, 0.3) is 5.91 Å². The fourth-order valence-corrected chi connectivity index (χ4v) is 4.48. The highest BCUT2D eigenvalue weighted by Gasteiger charge is 2.31. The van der Waals surface area contributed by atoms with E-state index in [9.17, 15) is 18.0 Å². The molecule has 2 aromatic carbocycles. The SMILES string of the molecule is CCc1ccc(NC(=O)COC(=O)[C@@H](NS(=O)(=O)c2ccc3c(c2)OCCO3)C(C)C)cc1. The number of amides is 1. The van der Waals surface area contributed by atoms with E-state index in [1.165, 1.54) is 18.2 Å². The van der Waals surface area contributed by atoms with E-state index in [1.807, 2.05) is 19.1 Å². The second kappa shape index (κ2) is 10.7. The summed E-state index contributed by atoms with van der Waals surface area (Å²) in [6.45, 7) is 5.54. The largest absolute Gasteiger partial charge is 0.486 e. The van der Waals surface area contributed by atoms with E-state index in [4.69, 9.17) is 14.2 Å². The summed E-state index contributed by atoms with van der Waals surface area (Å²) in [7, 11) is -4.06. The van der Waals surface area contributed by atoms with E-state index in [0.717, 1.165) is 12.0 Å². The zero-order valence-electron chi connectivity index (χ0n) is 18.8. The number of nitrogens with one attached hydrogen (secondary N) is 2. The van der Waals surface area contributed by atoms with Crippen LogP contribution in [0.5, 0.6) is 11.5 Å².